The Morgan fingerprint density at radius 2 is 2.22 bits per heavy atom. The number of hydrogen-bond acceptors (Lipinski definition) is 4. The molecule has 2 rings (SSSR count). The number of urea groups is 1. The van der Waals surface area contributed by atoms with Gasteiger partial charge in [-0.1, -0.05) is 0 Å². The number of nitrogens with two attached hydrogens (primary N) is 3. The van der Waals surface area contributed by atoms with E-state index in [4.69, 9.17) is 17.2 Å². The number of primary amides is 1. The zero-order chi connectivity index (χ0) is 13.1. The lowest BCUT2D eigenvalue weighted by Crippen LogP contribution is -2.46. The fourth-order valence-corrected chi connectivity index (χ4v) is 2.32. The molecular weight excluding hydrogens is 230 g/mol. The number of carbonyl (C=O) groups excluding carboxylic acids is 1. The van der Waals surface area contributed by atoms with E-state index in [2.05, 4.69) is 10.2 Å². The number of nitrogens with zero attached hydrogens (tertiary/aromatic N) is 1. The summed E-state index contributed by atoms with van der Waals surface area (Å²) in [5.41, 5.74) is 19.2. The molecule has 1 saturated heterocycles. The van der Waals surface area contributed by atoms with Crippen molar-refractivity contribution >= 4 is 17.4 Å². The second kappa shape index (κ2) is 5.14. The maximum atomic E-state index is 10.9. The molecule has 0 aromatic heterocycles. The van der Waals surface area contributed by atoms with Crippen molar-refractivity contribution in [1.29, 1.82) is 0 Å². The number of carbonyl (C=O) groups is 1. The van der Waals surface area contributed by atoms with Gasteiger partial charge in [0.2, 0.25) is 0 Å². The highest BCUT2D eigenvalue weighted by Gasteiger charge is 2.25. The number of hydrogen-bond donors (Lipinski definition) is 4. The van der Waals surface area contributed by atoms with Crippen molar-refractivity contribution in [1.82, 2.24) is 10.2 Å². The SMILES string of the molecule is NC(=O)NC1CCCN1Cc1cc(N)ccc1N. The first-order chi connectivity index (χ1) is 8.56. The van der Waals surface area contributed by atoms with E-state index >= 15 is 0 Å². The van der Waals surface area contributed by atoms with E-state index in [-0.39, 0.29) is 6.17 Å². The Bertz CT molecular complexity index is 448. The van der Waals surface area contributed by atoms with Crippen molar-refractivity contribution in [3.63, 3.8) is 0 Å². The van der Waals surface area contributed by atoms with Crippen LogP contribution in [0.15, 0.2) is 18.2 Å². The van der Waals surface area contributed by atoms with Gasteiger partial charge >= 0.3 is 6.03 Å². The third kappa shape index (κ3) is 2.84. The second-order valence-corrected chi connectivity index (χ2v) is 4.60. The maximum absolute atomic E-state index is 10.9. The Labute approximate surface area is 106 Å². The van der Waals surface area contributed by atoms with Gasteiger partial charge in [0, 0.05) is 24.5 Å². The Morgan fingerprint density at radius 3 is 2.94 bits per heavy atom. The van der Waals surface area contributed by atoms with Crippen LogP contribution in [0.2, 0.25) is 0 Å². The minimum atomic E-state index is -0.493. The van der Waals surface area contributed by atoms with E-state index in [1.807, 2.05) is 6.07 Å². The Morgan fingerprint density at radius 1 is 1.44 bits per heavy atom. The molecule has 1 fully saturated rings. The third-order valence-electron chi connectivity index (χ3n) is 3.21. The molecule has 0 spiro atoms. The van der Waals surface area contributed by atoms with Gasteiger partial charge in [-0.15, -0.1) is 0 Å². The van der Waals surface area contributed by atoms with Crippen LogP contribution in [0.4, 0.5) is 16.2 Å². The summed E-state index contributed by atoms with van der Waals surface area (Å²) in [6.45, 7) is 1.58. The quantitative estimate of drug-likeness (QED) is 0.582. The number of nitrogens with one attached hydrogen (secondary N) is 1. The zero-order valence-corrected chi connectivity index (χ0v) is 10.2. The first-order valence-corrected chi connectivity index (χ1v) is 6.00. The normalized spacial score (nSPS) is 19.9. The molecule has 6 nitrogen and oxygen atoms in total. The summed E-state index contributed by atoms with van der Waals surface area (Å²) in [7, 11) is 0. The molecule has 1 atom stereocenters. The average Bonchev–Trinajstić information content (AvgIpc) is 2.70. The third-order valence-corrected chi connectivity index (χ3v) is 3.21. The van der Waals surface area contributed by atoms with Crippen LogP contribution in [0.1, 0.15) is 18.4 Å². The van der Waals surface area contributed by atoms with E-state index < -0.39 is 6.03 Å². The van der Waals surface area contributed by atoms with Gasteiger partial charge < -0.3 is 22.5 Å². The Kier molecular flexibility index (Phi) is 3.57. The topological polar surface area (TPSA) is 110 Å². The second-order valence-electron chi connectivity index (χ2n) is 4.60. The van der Waals surface area contributed by atoms with Gasteiger partial charge in [0.1, 0.15) is 0 Å². The van der Waals surface area contributed by atoms with Gasteiger partial charge in [0.05, 0.1) is 6.17 Å². The fourth-order valence-electron chi connectivity index (χ4n) is 2.32. The molecule has 1 aromatic rings. The monoisotopic (exact) mass is 249 g/mol. The van der Waals surface area contributed by atoms with Crippen molar-refractivity contribution in [2.75, 3.05) is 18.0 Å². The molecule has 1 aliphatic rings. The zero-order valence-electron chi connectivity index (χ0n) is 10.2. The molecule has 2 amide bonds. The molecule has 18 heavy (non-hydrogen) atoms. The Balaban J connectivity index is 2.08. The van der Waals surface area contributed by atoms with Crippen LogP contribution in [-0.2, 0) is 6.54 Å². The number of nitrogen functional groups attached to an aromatic ring is 2. The lowest BCUT2D eigenvalue weighted by atomic mass is 10.1. The molecule has 0 saturated carbocycles. The van der Waals surface area contributed by atoms with Crippen LogP contribution in [0.5, 0.6) is 0 Å². The summed E-state index contributed by atoms with van der Waals surface area (Å²) in [6.07, 6.45) is 1.93. The lowest BCUT2D eigenvalue weighted by molar-refractivity contribution is 0.200. The van der Waals surface area contributed by atoms with E-state index in [0.29, 0.717) is 17.9 Å². The minimum absolute atomic E-state index is 0.0108. The molecule has 1 aliphatic heterocycles. The van der Waals surface area contributed by atoms with Crippen molar-refractivity contribution in [3.05, 3.63) is 23.8 Å². The predicted molar refractivity (Wildman–Crippen MR) is 71.4 cm³/mol. The molecule has 1 heterocycles. The summed E-state index contributed by atoms with van der Waals surface area (Å²) in [6, 6.07) is 4.96. The van der Waals surface area contributed by atoms with Crippen LogP contribution >= 0.6 is 0 Å². The van der Waals surface area contributed by atoms with Gasteiger partial charge in [0.15, 0.2) is 0 Å². The Hall–Kier alpha value is -1.95. The number of amides is 2. The van der Waals surface area contributed by atoms with E-state index in [9.17, 15) is 4.79 Å². The van der Waals surface area contributed by atoms with Crippen LogP contribution in [-0.4, -0.2) is 23.6 Å². The summed E-state index contributed by atoms with van der Waals surface area (Å²) >= 11 is 0. The van der Waals surface area contributed by atoms with Crippen LogP contribution in [0, 0.1) is 0 Å². The van der Waals surface area contributed by atoms with Crippen molar-refractivity contribution < 1.29 is 4.79 Å². The van der Waals surface area contributed by atoms with Crippen LogP contribution in [0.25, 0.3) is 0 Å². The summed E-state index contributed by atoms with van der Waals surface area (Å²) in [5.74, 6) is 0. The first kappa shape index (κ1) is 12.5. The highest BCUT2D eigenvalue weighted by Crippen LogP contribution is 2.22. The van der Waals surface area contributed by atoms with Gasteiger partial charge in [-0.05, 0) is 36.6 Å². The minimum Gasteiger partial charge on any atom is -0.399 e. The van der Waals surface area contributed by atoms with E-state index in [1.54, 1.807) is 12.1 Å². The fraction of sp³-hybridized carbons (Fsp3) is 0.417. The smallest absolute Gasteiger partial charge is 0.313 e. The van der Waals surface area contributed by atoms with Crippen molar-refractivity contribution in [2.45, 2.75) is 25.6 Å². The largest absolute Gasteiger partial charge is 0.399 e. The number of likely N-dealkylation sites (tertiary alicyclic amines) is 1. The highest BCUT2D eigenvalue weighted by molar-refractivity contribution is 5.71. The van der Waals surface area contributed by atoms with Gasteiger partial charge in [0.25, 0.3) is 0 Å². The molecular formula is C12H19N5O. The van der Waals surface area contributed by atoms with Gasteiger partial charge in [-0.3, -0.25) is 4.90 Å². The van der Waals surface area contributed by atoms with E-state index in [0.717, 1.165) is 24.9 Å². The molecule has 7 N–H and O–H groups in total. The predicted octanol–water partition coefficient (Wildman–Crippen LogP) is 0.441. The van der Waals surface area contributed by atoms with Crippen molar-refractivity contribution in [3.8, 4) is 0 Å². The molecule has 1 unspecified atom stereocenters. The number of rotatable bonds is 3. The first-order valence-electron chi connectivity index (χ1n) is 6.00. The molecule has 0 radical (unpaired) electrons. The van der Waals surface area contributed by atoms with Crippen molar-refractivity contribution in [2.24, 2.45) is 5.73 Å². The van der Waals surface area contributed by atoms with Crippen LogP contribution in [0.3, 0.4) is 0 Å². The number of anilines is 2. The summed E-state index contributed by atoms with van der Waals surface area (Å²) < 4.78 is 0. The lowest BCUT2D eigenvalue weighted by Gasteiger charge is -2.25. The molecule has 98 valence electrons. The van der Waals surface area contributed by atoms with Crippen LogP contribution < -0.4 is 22.5 Å². The molecule has 6 heteroatoms. The average molecular weight is 249 g/mol. The summed E-state index contributed by atoms with van der Waals surface area (Å²) in [4.78, 5) is 13.1. The number of benzene rings is 1. The summed E-state index contributed by atoms with van der Waals surface area (Å²) in [5, 5.41) is 2.74. The highest BCUT2D eigenvalue weighted by atomic mass is 16.2. The molecule has 0 bridgehead atoms. The molecule has 0 aliphatic carbocycles. The van der Waals surface area contributed by atoms with Gasteiger partial charge in [-0.2, -0.15) is 0 Å². The standard InChI is InChI=1S/C12H19N5O/c13-9-3-4-10(14)8(6-9)7-17-5-1-2-11(17)16-12(15)18/h3-4,6,11H,1-2,5,7,13-14H2,(H3,15,16,18). The van der Waals surface area contributed by atoms with E-state index in [1.165, 1.54) is 0 Å². The maximum Gasteiger partial charge on any atom is 0.313 e. The van der Waals surface area contributed by atoms with Gasteiger partial charge in [-0.25, -0.2) is 4.79 Å². The molecule has 1 aromatic carbocycles.